The van der Waals surface area contributed by atoms with Crippen molar-refractivity contribution < 1.29 is 33.4 Å². The van der Waals surface area contributed by atoms with Crippen LogP contribution in [0.2, 0.25) is 0 Å². The number of rotatable bonds is 5. The monoisotopic (exact) mass is 396 g/mol. The second-order valence-electron chi connectivity index (χ2n) is 6.43. The van der Waals surface area contributed by atoms with E-state index in [0.717, 1.165) is 4.90 Å². The van der Waals surface area contributed by atoms with E-state index < -0.39 is 36.3 Å². The van der Waals surface area contributed by atoms with Crippen molar-refractivity contribution in [1.29, 1.82) is 0 Å². The van der Waals surface area contributed by atoms with Crippen molar-refractivity contribution in [3.63, 3.8) is 0 Å². The molecular formula is C20H16N2O7. The fourth-order valence-electron chi connectivity index (χ4n) is 3.02. The molecule has 1 atom stereocenters. The molecule has 0 saturated heterocycles. The topological polar surface area (TPSA) is 111 Å². The van der Waals surface area contributed by atoms with Crippen LogP contribution in [0.25, 0.3) is 0 Å². The molecule has 2 aromatic rings. The summed E-state index contributed by atoms with van der Waals surface area (Å²) in [4.78, 5) is 49.8. The lowest BCUT2D eigenvalue weighted by Gasteiger charge is -2.17. The molecule has 1 N–H and O–H groups in total. The van der Waals surface area contributed by atoms with E-state index in [1.165, 1.54) is 19.1 Å². The summed E-state index contributed by atoms with van der Waals surface area (Å²) < 4.78 is 15.5. The number of hydrogen-bond acceptors (Lipinski definition) is 7. The third-order valence-corrected chi connectivity index (χ3v) is 4.48. The number of hydrogen-bond donors (Lipinski definition) is 1. The molecule has 0 spiro atoms. The number of amides is 3. The molecule has 0 aliphatic carbocycles. The average Bonchev–Trinajstić information content (AvgIpc) is 3.26. The van der Waals surface area contributed by atoms with Gasteiger partial charge in [0.15, 0.2) is 17.6 Å². The molecule has 2 aliphatic rings. The van der Waals surface area contributed by atoms with Gasteiger partial charge in [0.2, 0.25) is 6.79 Å². The molecule has 0 bridgehead atoms. The highest BCUT2D eigenvalue weighted by Crippen LogP contribution is 2.34. The third-order valence-electron chi connectivity index (χ3n) is 4.48. The first-order chi connectivity index (χ1) is 13.9. The van der Waals surface area contributed by atoms with Crippen molar-refractivity contribution in [2.24, 2.45) is 0 Å². The number of carbonyl (C=O) groups excluding carboxylic acids is 4. The number of ether oxygens (including phenoxy) is 3. The van der Waals surface area contributed by atoms with Crippen molar-refractivity contribution in [1.82, 2.24) is 4.90 Å². The number of nitrogens with zero attached hydrogens (tertiary/aromatic N) is 1. The molecule has 3 amide bonds. The lowest BCUT2D eigenvalue weighted by molar-refractivity contribution is -0.153. The summed E-state index contributed by atoms with van der Waals surface area (Å²) in [6, 6.07) is 11.2. The Morgan fingerprint density at radius 3 is 2.41 bits per heavy atom. The van der Waals surface area contributed by atoms with Crippen molar-refractivity contribution in [2.75, 3.05) is 18.7 Å². The minimum atomic E-state index is -1.14. The quantitative estimate of drug-likeness (QED) is 0.603. The number of nitrogens with one attached hydrogen (secondary N) is 1. The van der Waals surface area contributed by atoms with E-state index in [0.29, 0.717) is 17.2 Å². The molecule has 0 radical (unpaired) electrons. The van der Waals surface area contributed by atoms with Crippen LogP contribution in [0.1, 0.15) is 27.6 Å². The van der Waals surface area contributed by atoms with Crippen LogP contribution in [0.4, 0.5) is 5.69 Å². The summed E-state index contributed by atoms with van der Waals surface area (Å²) >= 11 is 0. The molecule has 2 aliphatic heterocycles. The maximum Gasteiger partial charge on any atom is 0.326 e. The first-order valence-electron chi connectivity index (χ1n) is 8.79. The largest absolute Gasteiger partial charge is 0.454 e. The lowest BCUT2D eigenvalue weighted by atomic mass is 10.1. The van der Waals surface area contributed by atoms with Gasteiger partial charge in [0, 0.05) is 11.8 Å². The van der Waals surface area contributed by atoms with E-state index in [2.05, 4.69) is 5.32 Å². The van der Waals surface area contributed by atoms with E-state index in [1.54, 1.807) is 30.3 Å². The van der Waals surface area contributed by atoms with Crippen molar-refractivity contribution in [3.8, 4) is 11.5 Å². The maximum absolute atomic E-state index is 12.3. The van der Waals surface area contributed by atoms with Crippen LogP contribution >= 0.6 is 0 Å². The van der Waals surface area contributed by atoms with E-state index in [4.69, 9.17) is 14.2 Å². The lowest BCUT2D eigenvalue weighted by Crippen LogP contribution is -2.38. The molecule has 0 unspecified atom stereocenters. The van der Waals surface area contributed by atoms with Crippen molar-refractivity contribution >= 4 is 29.4 Å². The van der Waals surface area contributed by atoms with Crippen LogP contribution in [-0.2, 0) is 14.3 Å². The standard InChI is InChI=1S/C20H16N2O7/c1-11(18(24)21-12-6-7-15-16(8-12)28-10-27-15)29-17(23)9-22-19(25)13-4-2-3-5-14(13)20(22)26/h2-8,11H,9-10H2,1H3,(H,21,24)/t11-/m1/s1. The normalized spacial score (nSPS) is 15.1. The minimum Gasteiger partial charge on any atom is -0.454 e. The maximum atomic E-state index is 12.3. The Morgan fingerprint density at radius 1 is 1.07 bits per heavy atom. The van der Waals surface area contributed by atoms with Gasteiger partial charge in [-0.05, 0) is 31.2 Å². The van der Waals surface area contributed by atoms with Crippen LogP contribution < -0.4 is 14.8 Å². The Labute approximate surface area is 165 Å². The van der Waals surface area contributed by atoms with Crippen LogP contribution in [0, 0.1) is 0 Å². The minimum absolute atomic E-state index is 0.110. The molecular weight excluding hydrogens is 380 g/mol. The van der Waals surface area contributed by atoms with Gasteiger partial charge in [0.05, 0.1) is 11.1 Å². The van der Waals surface area contributed by atoms with E-state index in [9.17, 15) is 19.2 Å². The van der Waals surface area contributed by atoms with Crippen LogP contribution in [-0.4, -0.2) is 48.0 Å². The molecule has 29 heavy (non-hydrogen) atoms. The van der Waals surface area contributed by atoms with E-state index in [1.807, 2.05) is 0 Å². The van der Waals surface area contributed by atoms with Gasteiger partial charge in [-0.15, -0.1) is 0 Å². The predicted molar refractivity (Wildman–Crippen MR) is 98.6 cm³/mol. The Kier molecular flexibility index (Phi) is 4.63. The first kappa shape index (κ1) is 18.5. The summed E-state index contributed by atoms with van der Waals surface area (Å²) in [5.41, 5.74) is 0.917. The molecule has 9 heteroatoms. The molecule has 0 aromatic heterocycles. The Morgan fingerprint density at radius 2 is 1.72 bits per heavy atom. The zero-order valence-corrected chi connectivity index (χ0v) is 15.3. The van der Waals surface area contributed by atoms with Gasteiger partial charge in [0.1, 0.15) is 6.54 Å². The summed E-state index contributed by atoms with van der Waals surface area (Å²) in [5, 5.41) is 2.60. The highest BCUT2D eigenvalue weighted by molar-refractivity contribution is 6.22. The van der Waals surface area contributed by atoms with Gasteiger partial charge < -0.3 is 19.5 Å². The van der Waals surface area contributed by atoms with E-state index >= 15 is 0 Å². The summed E-state index contributed by atoms with van der Waals surface area (Å²) in [6.45, 7) is 0.926. The Balaban J connectivity index is 1.34. The molecule has 0 fully saturated rings. The molecule has 148 valence electrons. The zero-order valence-electron chi connectivity index (χ0n) is 15.3. The van der Waals surface area contributed by atoms with Crippen molar-refractivity contribution in [2.45, 2.75) is 13.0 Å². The number of carbonyl (C=O) groups is 4. The van der Waals surface area contributed by atoms with Crippen LogP contribution in [0.5, 0.6) is 11.5 Å². The molecule has 9 nitrogen and oxygen atoms in total. The van der Waals surface area contributed by atoms with Gasteiger partial charge in [0.25, 0.3) is 17.7 Å². The van der Waals surface area contributed by atoms with E-state index in [-0.39, 0.29) is 17.9 Å². The fourth-order valence-corrected chi connectivity index (χ4v) is 3.02. The number of anilines is 1. The smallest absolute Gasteiger partial charge is 0.326 e. The second kappa shape index (κ2) is 7.27. The fraction of sp³-hybridized carbons (Fsp3) is 0.200. The van der Waals surface area contributed by atoms with Crippen LogP contribution in [0.15, 0.2) is 42.5 Å². The van der Waals surface area contributed by atoms with Gasteiger partial charge in [-0.1, -0.05) is 12.1 Å². The van der Waals surface area contributed by atoms with Gasteiger partial charge in [-0.3, -0.25) is 24.1 Å². The molecule has 2 heterocycles. The average molecular weight is 396 g/mol. The summed E-state index contributed by atoms with van der Waals surface area (Å²) in [7, 11) is 0. The first-order valence-corrected chi connectivity index (χ1v) is 8.79. The number of esters is 1. The number of imide groups is 1. The number of benzene rings is 2. The summed E-state index contributed by atoms with van der Waals surface area (Å²) in [6.07, 6.45) is -1.14. The summed E-state index contributed by atoms with van der Waals surface area (Å²) in [5.74, 6) is -1.51. The van der Waals surface area contributed by atoms with Gasteiger partial charge in [-0.2, -0.15) is 0 Å². The Bertz CT molecular complexity index is 998. The SMILES string of the molecule is C[C@@H](OC(=O)CN1C(=O)c2ccccc2C1=O)C(=O)Nc1ccc2c(c1)OCO2. The number of fused-ring (bicyclic) bond motifs is 2. The zero-order chi connectivity index (χ0) is 20.5. The van der Waals surface area contributed by atoms with Gasteiger partial charge >= 0.3 is 5.97 Å². The van der Waals surface area contributed by atoms with Crippen LogP contribution in [0.3, 0.4) is 0 Å². The van der Waals surface area contributed by atoms with Gasteiger partial charge in [-0.25, -0.2) is 0 Å². The molecule has 4 rings (SSSR count). The highest BCUT2D eigenvalue weighted by Gasteiger charge is 2.37. The second-order valence-corrected chi connectivity index (χ2v) is 6.43. The third kappa shape index (κ3) is 3.49. The molecule has 2 aromatic carbocycles. The highest BCUT2D eigenvalue weighted by atomic mass is 16.7. The molecule has 0 saturated carbocycles. The predicted octanol–water partition coefficient (Wildman–Crippen LogP) is 1.58. The van der Waals surface area contributed by atoms with Crippen molar-refractivity contribution in [3.05, 3.63) is 53.6 Å². The Hall–Kier alpha value is -3.88.